The van der Waals surface area contributed by atoms with Gasteiger partial charge < -0.3 is 15.1 Å². The summed E-state index contributed by atoms with van der Waals surface area (Å²) in [6, 6.07) is 3.02. The summed E-state index contributed by atoms with van der Waals surface area (Å²) in [7, 11) is 0. The largest absolute Gasteiger partial charge is 0.444 e. The Bertz CT molecular complexity index is 686. The van der Waals surface area contributed by atoms with E-state index in [1.807, 2.05) is 0 Å². The number of rotatable bonds is 7. The van der Waals surface area contributed by atoms with Gasteiger partial charge in [-0.3, -0.25) is 14.2 Å². The van der Waals surface area contributed by atoms with Crippen LogP contribution in [0.25, 0.3) is 0 Å². The maximum atomic E-state index is 12.6. The summed E-state index contributed by atoms with van der Waals surface area (Å²) in [6.45, 7) is -2.79. The van der Waals surface area contributed by atoms with Gasteiger partial charge in [0.15, 0.2) is 10.4 Å². The Labute approximate surface area is 138 Å². The molecule has 0 saturated carbocycles. The Balaban J connectivity index is 1.71. The van der Waals surface area contributed by atoms with Gasteiger partial charge in [-0.1, -0.05) is 0 Å². The van der Waals surface area contributed by atoms with Crippen LogP contribution in [0.1, 0.15) is 22.9 Å². The highest BCUT2D eigenvalue weighted by Crippen LogP contribution is 2.13. The lowest BCUT2D eigenvalue weighted by molar-refractivity contribution is -0.120. The minimum Gasteiger partial charge on any atom is -0.444 e. The van der Waals surface area contributed by atoms with Crippen LogP contribution in [0.15, 0.2) is 33.6 Å². The highest BCUT2D eigenvalue weighted by atomic mass is 79.9. The van der Waals surface area contributed by atoms with Crippen LogP contribution < -0.4 is 10.6 Å². The van der Waals surface area contributed by atoms with Crippen LogP contribution in [-0.2, 0) is 11.2 Å². The number of imidazole rings is 1. The Morgan fingerprint density at radius 3 is 2.78 bits per heavy atom. The van der Waals surface area contributed by atoms with Crippen LogP contribution in [0, 0.1) is 0 Å². The predicted molar refractivity (Wildman–Crippen MR) is 78.9 cm³/mol. The number of nitrogens with zero attached hydrogens (tertiary/aromatic N) is 2. The van der Waals surface area contributed by atoms with Gasteiger partial charge in [0, 0.05) is 25.4 Å². The van der Waals surface area contributed by atoms with Crippen molar-refractivity contribution in [1.29, 1.82) is 0 Å². The molecule has 0 aromatic carbocycles. The van der Waals surface area contributed by atoms with E-state index in [4.69, 9.17) is 4.42 Å². The summed E-state index contributed by atoms with van der Waals surface area (Å²) in [4.78, 5) is 27.0. The molecule has 0 aliphatic carbocycles. The van der Waals surface area contributed by atoms with Crippen LogP contribution >= 0.6 is 15.9 Å². The molecule has 0 bridgehead atoms. The Kier molecular flexibility index (Phi) is 5.85. The van der Waals surface area contributed by atoms with Gasteiger partial charge >= 0.3 is 6.55 Å². The lowest BCUT2D eigenvalue weighted by Gasteiger charge is -2.08. The molecule has 0 atom stereocenters. The fraction of sp³-hybridized carbons (Fsp3) is 0.308. The topological polar surface area (TPSA) is 89.2 Å². The maximum Gasteiger partial charge on any atom is 0.319 e. The molecular weight excluding hydrogens is 378 g/mol. The van der Waals surface area contributed by atoms with Gasteiger partial charge in [0.05, 0.1) is 6.54 Å². The molecule has 2 rings (SSSR count). The first-order chi connectivity index (χ1) is 11.0. The summed E-state index contributed by atoms with van der Waals surface area (Å²) < 4.78 is 31.4. The van der Waals surface area contributed by atoms with Crippen molar-refractivity contribution in [2.75, 3.05) is 13.1 Å². The molecule has 124 valence electrons. The van der Waals surface area contributed by atoms with E-state index in [0.717, 1.165) is 4.57 Å². The first-order valence-corrected chi connectivity index (χ1v) is 7.36. The van der Waals surface area contributed by atoms with Crippen LogP contribution in [0.5, 0.6) is 0 Å². The van der Waals surface area contributed by atoms with E-state index in [0.29, 0.717) is 4.67 Å². The second-order valence-electron chi connectivity index (χ2n) is 4.41. The molecule has 0 saturated heterocycles. The fourth-order valence-electron chi connectivity index (χ4n) is 1.78. The Hall–Kier alpha value is -2.23. The van der Waals surface area contributed by atoms with Gasteiger partial charge in [0.1, 0.15) is 5.82 Å². The third-order valence-electron chi connectivity index (χ3n) is 2.84. The number of halogens is 3. The van der Waals surface area contributed by atoms with E-state index in [2.05, 4.69) is 31.5 Å². The number of hydrogen-bond donors (Lipinski definition) is 2. The van der Waals surface area contributed by atoms with Gasteiger partial charge in [0.25, 0.3) is 5.91 Å². The van der Waals surface area contributed by atoms with Crippen LogP contribution in [-0.4, -0.2) is 34.5 Å². The molecule has 0 unspecified atom stereocenters. The first kappa shape index (κ1) is 17.1. The number of amides is 2. The van der Waals surface area contributed by atoms with Gasteiger partial charge in [-0.05, 0) is 28.1 Å². The smallest absolute Gasteiger partial charge is 0.319 e. The van der Waals surface area contributed by atoms with E-state index >= 15 is 0 Å². The zero-order chi connectivity index (χ0) is 16.8. The van der Waals surface area contributed by atoms with Gasteiger partial charge in [-0.15, -0.1) is 0 Å². The van der Waals surface area contributed by atoms with Crippen molar-refractivity contribution in [2.45, 2.75) is 13.0 Å². The molecule has 0 spiro atoms. The monoisotopic (exact) mass is 390 g/mol. The number of aromatic nitrogens is 2. The zero-order valence-corrected chi connectivity index (χ0v) is 13.3. The first-order valence-electron chi connectivity index (χ1n) is 6.57. The molecule has 2 N–H and O–H groups in total. The van der Waals surface area contributed by atoms with Crippen molar-refractivity contribution in [3.05, 3.63) is 40.8 Å². The minimum absolute atomic E-state index is 0.0728. The maximum absolute atomic E-state index is 12.6. The molecular formula is C13H13BrF2N4O3. The van der Waals surface area contributed by atoms with Gasteiger partial charge in [0.2, 0.25) is 5.91 Å². The Morgan fingerprint density at radius 2 is 2.13 bits per heavy atom. The number of nitrogens with one attached hydrogen (secondary N) is 2. The minimum atomic E-state index is -2.67. The highest BCUT2D eigenvalue weighted by Gasteiger charge is 2.13. The SMILES string of the molecule is O=C(CNC(=O)c1ccc(Br)o1)NCCc1nccn1C(F)F. The number of carbonyl (C=O) groups is 2. The lowest BCUT2D eigenvalue weighted by Crippen LogP contribution is -2.37. The van der Waals surface area contributed by atoms with Crippen molar-refractivity contribution in [3.8, 4) is 0 Å². The second kappa shape index (κ2) is 7.86. The van der Waals surface area contributed by atoms with E-state index < -0.39 is 18.4 Å². The second-order valence-corrected chi connectivity index (χ2v) is 5.20. The normalized spacial score (nSPS) is 10.8. The molecule has 7 nitrogen and oxygen atoms in total. The molecule has 2 amide bonds. The predicted octanol–water partition coefficient (Wildman–Crippen LogP) is 1.72. The third kappa shape index (κ3) is 4.88. The molecule has 2 aromatic rings. The van der Waals surface area contributed by atoms with Crippen molar-refractivity contribution >= 4 is 27.7 Å². The van der Waals surface area contributed by atoms with E-state index in [1.54, 1.807) is 6.07 Å². The number of furan rings is 1. The van der Waals surface area contributed by atoms with E-state index in [-0.39, 0.29) is 31.1 Å². The number of hydrogen-bond acceptors (Lipinski definition) is 4. The standard InChI is InChI=1S/C13H13BrF2N4O3/c14-9-2-1-8(23-9)12(22)19-7-11(21)18-4-3-10-17-5-6-20(10)13(15)16/h1-2,5-6,13H,3-4,7H2,(H,18,21)(H,19,22). The molecule has 0 radical (unpaired) electrons. The average molecular weight is 391 g/mol. The molecule has 10 heteroatoms. The van der Waals surface area contributed by atoms with Crippen LogP contribution in [0.2, 0.25) is 0 Å². The molecule has 2 heterocycles. The third-order valence-corrected chi connectivity index (χ3v) is 3.26. The molecule has 0 aliphatic heterocycles. The van der Waals surface area contributed by atoms with Gasteiger partial charge in [-0.25, -0.2) is 4.98 Å². The fourth-order valence-corrected chi connectivity index (χ4v) is 2.08. The molecule has 2 aromatic heterocycles. The summed E-state index contributed by atoms with van der Waals surface area (Å²) in [6.07, 6.45) is 2.59. The quantitative estimate of drug-likeness (QED) is 0.753. The van der Waals surface area contributed by atoms with Crippen molar-refractivity contribution in [1.82, 2.24) is 20.2 Å². The van der Waals surface area contributed by atoms with Crippen molar-refractivity contribution in [3.63, 3.8) is 0 Å². The highest BCUT2D eigenvalue weighted by molar-refractivity contribution is 9.10. The van der Waals surface area contributed by atoms with Crippen molar-refractivity contribution in [2.24, 2.45) is 0 Å². The lowest BCUT2D eigenvalue weighted by atomic mass is 10.4. The molecule has 0 aliphatic rings. The molecule has 23 heavy (non-hydrogen) atoms. The number of alkyl halides is 2. The summed E-state index contributed by atoms with van der Waals surface area (Å²) in [5.74, 6) is -0.730. The summed E-state index contributed by atoms with van der Waals surface area (Å²) >= 11 is 3.06. The van der Waals surface area contributed by atoms with E-state index in [9.17, 15) is 18.4 Å². The van der Waals surface area contributed by atoms with Gasteiger partial charge in [-0.2, -0.15) is 8.78 Å². The summed E-state index contributed by atoms with van der Waals surface area (Å²) in [5.41, 5.74) is 0. The summed E-state index contributed by atoms with van der Waals surface area (Å²) in [5, 5.41) is 4.89. The van der Waals surface area contributed by atoms with Crippen LogP contribution in [0.4, 0.5) is 8.78 Å². The zero-order valence-electron chi connectivity index (χ0n) is 11.8. The van der Waals surface area contributed by atoms with E-state index in [1.165, 1.54) is 18.5 Å². The van der Waals surface area contributed by atoms with Crippen LogP contribution in [0.3, 0.4) is 0 Å². The van der Waals surface area contributed by atoms with Crippen molar-refractivity contribution < 1.29 is 22.8 Å². The average Bonchev–Trinajstić information content (AvgIpc) is 3.13. The number of carbonyl (C=O) groups excluding carboxylic acids is 2. The molecule has 0 fully saturated rings. The Morgan fingerprint density at radius 1 is 1.35 bits per heavy atom.